The van der Waals surface area contributed by atoms with Crippen LogP contribution < -0.4 is 0 Å². The zero-order valence-electron chi connectivity index (χ0n) is 7.83. The van der Waals surface area contributed by atoms with E-state index in [1.807, 2.05) is 19.2 Å². The Labute approximate surface area is 73.3 Å². The Balaban J connectivity index is 3.12. The first-order valence-corrected chi connectivity index (χ1v) is 4.28. The van der Waals surface area contributed by atoms with Gasteiger partial charge in [-0.15, -0.1) is 0 Å². The van der Waals surface area contributed by atoms with Gasteiger partial charge >= 0.3 is 0 Å². The number of rotatable bonds is 2. The zero-order chi connectivity index (χ0) is 9.14. The number of hydrogen-bond acceptors (Lipinski definition) is 2. The van der Waals surface area contributed by atoms with Crippen LogP contribution in [0.5, 0.6) is 0 Å². The molecule has 0 aliphatic carbocycles. The number of hydrogen-bond donors (Lipinski definition) is 1. The standard InChI is InChI=1S/C10H15NO/c1-4-9-6-11-7(2)5-10(9)8(3)12/h5-6,8,12H,4H2,1-3H3. The first-order chi connectivity index (χ1) is 5.65. The van der Waals surface area contributed by atoms with E-state index in [0.29, 0.717) is 0 Å². The third kappa shape index (κ3) is 1.83. The van der Waals surface area contributed by atoms with Gasteiger partial charge in [0.15, 0.2) is 0 Å². The van der Waals surface area contributed by atoms with E-state index < -0.39 is 0 Å². The Morgan fingerprint density at radius 3 is 2.75 bits per heavy atom. The number of nitrogens with zero attached hydrogens (tertiary/aromatic N) is 1. The SMILES string of the molecule is CCc1cnc(C)cc1C(C)O. The average molecular weight is 165 g/mol. The van der Waals surface area contributed by atoms with Crippen molar-refractivity contribution in [2.24, 2.45) is 0 Å². The molecule has 0 aromatic carbocycles. The maximum Gasteiger partial charge on any atom is 0.0765 e. The molecular weight excluding hydrogens is 150 g/mol. The second-order valence-corrected chi connectivity index (χ2v) is 3.05. The normalized spacial score (nSPS) is 13.0. The molecule has 1 heterocycles. The van der Waals surface area contributed by atoms with Crippen molar-refractivity contribution in [2.45, 2.75) is 33.3 Å². The van der Waals surface area contributed by atoms with Gasteiger partial charge in [-0.25, -0.2) is 0 Å². The van der Waals surface area contributed by atoms with Crippen molar-refractivity contribution in [3.05, 3.63) is 29.1 Å². The lowest BCUT2D eigenvalue weighted by atomic mass is 10.0. The van der Waals surface area contributed by atoms with Crippen molar-refractivity contribution in [2.75, 3.05) is 0 Å². The number of aliphatic hydroxyl groups excluding tert-OH is 1. The van der Waals surface area contributed by atoms with Crippen LogP contribution in [0.1, 0.15) is 36.8 Å². The van der Waals surface area contributed by atoms with Crippen LogP contribution in [0.4, 0.5) is 0 Å². The highest BCUT2D eigenvalue weighted by molar-refractivity contribution is 5.27. The van der Waals surface area contributed by atoms with Crippen LogP contribution >= 0.6 is 0 Å². The molecule has 1 rings (SSSR count). The van der Waals surface area contributed by atoms with Gasteiger partial charge in [0.2, 0.25) is 0 Å². The molecule has 0 saturated heterocycles. The Kier molecular flexibility index (Phi) is 2.82. The van der Waals surface area contributed by atoms with Gasteiger partial charge in [-0.1, -0.05) is 6.92 Å². The van der Waals surface area contributed by atoms with Gasteiger partial charge < -0.3 is 5.11 Å². The predicted molar refractivity (Wildman–Crippen MR) is 49.0 cm³/mol. The summed E-state index contributed by atoms with van der Waals surface area (Å²) in [5.41, 5.74) is 3.10. The molecule has 1 aromatic heterocycles. The van der Waals surface area contributed by atoms with Gasteiger partial charge in [-0.2, -0.15) is 0 Å². The van der Waals surface area contributed by atoms with E-state index in [9.17, 15) is 5.11 Å². The Morgan fingerprint density at radius 2 is 2.25 bits per heavy atom. The van der Waals surface area contributed by atoms with Gasteiger partial charge in [0.05, 0.1) is 6.10 Å². The first-order valence-electron chi connectivity index (χ1n) is 4.28. The molecule has 1 unspecified atom stereocenters. The van der Waals surface area contributed by atoms with Crippen molar-refractivity contribution < 1.29 is 5.11 Å². The van der Waals surface area contributed by atoms with Gasteiger partial charge in [0.1, 0.15) is 0 Å². The lowest BCUT2D eigenvalue weighted by Crippen LogP contribution is -1.99. The van der Waals surface area contributed by atoms with Crippen molar-refractivity contribution in [3.8, 4) is 0 Å². The highest BCUT2D eigenvalue weighted by atomic mass is 16.3. The monoisotopic (exact) mass is 165 g/mol. The van der Waals surface area contributed by atoms with Crippen LogP contribution in [-0.2, 0) is 6.42 Å². The molecule has 0 radical (unpaired) electrons. The van der Waals surface area contributed by atoms with Crippen LogP contribution in [0.25, 0.3) is 0 Å². The maximum atomic E-state index is 9.43. The molecule has 0 amide bonds. The van der Waals surface area contributed by atoms with Crippen LogP contribution in [0.2, 0.25) is 0 Å². The van der Waals surface area contributed by atoms with Gasteiger partial charge in [0, 0.05) is 11.9 Å². The summed E-state index contributed by atoms with van der Waals surface area (Å²) in [6.45, 7) is 5.79. The predicted octanol–water partition coefficient (Wildman–Crippen LogP) is 2.01. The quantitative estimate of drug-likeness (QED) is 0.727. The molecule has 0 bridgehead atoms. The first kappa shape index (κ1) is 9.20. The Hall–Kier alpha value is -0.890. The second-order valence-electron chi connectivity index (χ2n) is 3.05. The summed E-state index contributed by atoms with van der Waals surface area (Å²) in [5.74, 6) is 0. The molecule has 12 heavy (non-hydrogen) atoms. The molecule has 2 nitrogen and oxygen atoms in total. The number of pyridine rings is 1. The minimum atomic E-state index is -0.387. The number of aromatic nitrogens is 1. The number of aliphatic hydroxyl groups is 1. The summed E-state index contributed by atoms with van der Waals surface area (Å²) in [6.07, 6.45) is 2.38. The van der Waals surface area contributed by atoms with Crippen molar-refractivity contribution in [1.82, 2.24) is 4.98 Å². The molecule has 0 aliphatic rings. The molecule has 66 valence electrons. The van der Waals surface area contributed by atoms with E-state index in [4.69, 9.17) is 0 Å². The van der Waals surface area contributed by atoms with Gasteiger partial charge in [0.25, 0.3) is 0 Å². The highest BCUT2D eigenvalue weighted by Gasteiger charge is 2.06. The van der Waals surface area contributed by atoms with E-state index in [1.165, 1.54) is 0 Å². The van der Waals surface area contributed by atoms with E-state index in [2.05, 4.69) is 11.9 Å². The third-order valence-corrected chi connectivity index (χ3v) is 1.99. The van der Waals surface area contributed by atoms with E-state index in [0.717, 1.165) is 23.2 Å². The van der Waals surface area contributed by atoms with Gasteiger partial charge in [-0.3, -0.25) is 4.98 Å². The summed E-state index contributed by atoms with van der Waals surface area (Å²) in [7, 11) is 0. The van der Waals surface area contributed by atoms with Crippen LogP contribution in [0.3, 0.4) is 0 Å². The fraction of sp³-hybridized carbons (Fsp3) is 0.500. The van der Waals surface area contributed by atoms with E-state index in [1.54, 1.807) is 6.92 Å². The lowest BCUT2D eigenvalue weighted by molar-refractivity contribution is 0.198. The van der Waals surface area contributed by atoms with Crippen molar-refractivity contribution in [1.29, 1.82) is 0 Å². The fourth-order valence-corrected chi connectivity index (χ4v) is 1.29. The van der Waals surface area contributed by atoms with Gasteiger partial charge in [-0.05, 0) is 37.5 Å². The smallest absolute Gasteiger partial charge is 0.0765 e. The van der Waals surface area contributed by atoms with Crippen molar-refractivity contribution >= 4 is 0 Å². The minimum absolute atomic E-state index is 0.387. The van der Waals surface area contributed by atoms with Crippen LogP contribution in [-0.4, -0.2) is 10.1 Å². The summed E-state index contributed by atoms with van der Waals surface area (Å²) >= 11 is 0. The summed E-state index contributed by atoms with van der Waals surface area (Å²) in [5, 5.41) is 9.43. The largest absolute Gasteiger partial charge is 0.389 e. The third-order valence-electron chi connectivity index (χ3n) is 1.99. The maximum absolute atomic E-state index is 9.43. The van der Waals surface area contributed by atoms with Crippen LogP contribution in [0.15, 0.2) is 12.3 Å². The lowest BCUT2D eigenvalue weighted by Gasteiger charge is -2.10. The summed E-state index contributed by atoms with van der Waals surface area (Å²) in [6, 6.07) is 1.95. The fourth-order valence-electron chi connectivity index (χ4n) is 1.29. The number of aryl methyl sites for hydroxylation is 2. The molecule has 0 aliphatic heterocycles. The molecule has 1 N–H and O–H groups in total. The minimum Gasteiger partial charge on any atom is -0.389 e. The molecule has 2 heteroatoms. The topological polar surface area (TPSA) is 33.1 Å². The summed E-state index contributed by atoms with van der Waals surface area (Å²) in [4.78, 5) is 4.18. The van der Waals surface area contributed by atoms with E-state index >= 15 is 0 Å². The highest BCUT2D eigenvalue weighted by Crippen LogP contribution is 2.17. The molecule has 1 aromatic rings. The molecule has 1 atom stereocenters. The molecule has 0 saturated carbocycles. The zero-order valence-corrected chi connectivity index (χ0v) is 7.83. The summed E-state index contributed by atoms with van der Waals surface area (Å²) < 4.78 is 0. The van der Waals surface area contributed by atoms with Crippen molar-refractivity contribution in [3.63, 3.8) is 0 Å². The molecule has 0 fully saturated rings. The Bertz CT molecular complexity index is 269. The Morgan fingerprint density at radius 1 is 1.58 bits per heavy atom. The van der Waals surface area contributed by atoms with Crippen LogP contribution in [0, 0.1) is 6.92 Å². The molecule has 0 spiro atoms. The molecular formula is C10H15NO. The second kappa shape index (κ2) is 3.68. The average Bonchev–Trinajstić information content (AvgIpc) is 2.04. The van der Waals surface area contributed by atoms with E-state index in [-0.39, 0.29) is 6.10 Å².